The van der Waals surface area contributed by atoms with Crippen LogP contribution < -0.4 is 20.5 Å². The number of likely N-dealkylation sites (tertiary alicyclic amines) is 1. The van der Waals surface area contributed by atoms with Crippen molar-refractivity contribution in [3.05, 3.63) is 23.8 Å². The molecule has 1 saturated heterocycles. The van der Waals surface area contributed by atoms with Gasteiger partial charge >= 0.3 is 6.03 Å². The Morgan fingerprint density at radius 2 is 2.12 bits per heavy atom. The van der Waals surface area contributed by atoms with Crippen LogP contribution in [0.2, 0.25) is 0 Å². The minimum Gasteiger partial charge on any atom is -0.454 e. The highest BCUT2D eigenvalue weighted by Gasteiger charge is 2.33. The van der Waals surface area contributed by atoms with E-state index >= 15 is 0 Å². The van der Waals surface area contributed by atoms with Crippen LogP contribution in [0, 0.1) is 5.41 Å². The van der Waals surface area contributed by atoms with Gasteiger partial charge in [0.25, 0.3) is 0 Å². The summed E-state index contributed by atoms with van der Waals surface area (Å²) >= 11 is 0. The van der Waals surface area contributed by atoms with Crippen LogP contribution in [0.5, 0.6) is 11.5 Å². The van der Waals surface area contributed by atoms with Gasteiger partial charge in [0, 0.05) is 13.1 Å². The lowest BCUT2D eigenvalue weighted by atomic mass is 9.77. The average molecular weight is 333 g/mol. The second kappa shape index (κ2) is 6.59. The third-order valence-corrected chi connectivity index (χ3v) is 4.62. The molecule has 2 heterocycles. The van der Waals surface area contributed by atoms with Crippen molar-refractivity contribution in [2.45, 2.75) is 26.2 Å². The van der Waals surface area contributed by atoms with Gasteiger partial charge in [-0.2, -0.15) is 0 Å². The second-order valence-electron chi connectivity index (χ2n) is 6.81. The molecule has 3 rings (SSSR count). The highest BCUT2D eigenvalue weighted by atomic mass is 16.7. The molecule has 0 spiro atoms. The van der Waals surface area contributed by atoms with Gasteiger partial charge in [0.15, 0.2) is 11.5 Å². The monoisotopic (exact) mass is 333 g/mol. The molecule has 1 fully saturated rings. The summed E-state index contributed by atoms with van der Waals surface area (Å²) in [6, 6.07) is 5.32. The Morgan fingerprint density at radius 1 is 1.33 bits per heavy atom. The third-order valence-electron chi connectivity index (χ3n) is 4.62. The Morgan fingerprint density at radius 3 is 2.92 bits per heavy atom. The first kappa shape index (κ1) is 16.4. The lowest BCUT2D eigenvalue weighted by Crippen LogP contribution is -2.49. The zero-order valence-corrected chi connectivity index (χ0v) is 13.8. The van der Waals surface area contributed by atoms with Crippen molar-refractivity contribution in [3.63, 3.8) is 0 Å². The number of carbonyl (C=O) groups is 2. The second-order valence-corrected chi connectivity index (χ2v) is 6.81. The minimum atomic E-state index is -0.677. The van der Waals surface area contributed by atoms with E-state index < -0.39 is 6.03 Å². The first-order chi connectivity index (χ1) is 11.5. The molecule has 0 radical (unpaired) electrons. The normalized spacial score (nSPS) is 22.3. The van der Waals surface area contributed by atoms with Crippen LogP contribution in [-0.4, -0.2) is 43.3 Å². The molecule has 1 aromatic carbocycles. The summed E-state index contributed by atoms with van der Waals surface area (Å²) in [5, 5.41) is 2.37. The first-order valence-electron chi connectivity index (χ1n) is 8.15. The number of primary amides is 1. The Hall–Kier alpha value is -2.44. The van der Waals surface area contributed by atoms with Gasteiger partial charge in [-0.25, -0.2) is 4.79 Å². The molecule has 1 atom stereocenters. The topological polar surface area (TPSA) is 93.9 Å². The average Bonchev–Trinajstić information content (AvgIpc) is 2.99. The molecule has 0 aliphatic carbocycles. The molecule has 0 bridgehead atoms. The molecular formula is C17H23N3O4. The number of hydrogen-bond donors (Lipinski definition) is 2. The molecule has 1 aromatic rings. The summed E-state index contributed by atoms with van der Waals surface area (Å²) in [5.74, 6) is 1.47. The number of rotatable bonds is 4. The van der Waals surface area contributed by atoms with E-state index in [2.05, 4.69) is 12.2 Å². The number of nitrogens with one attached hydrogen (secondary N) is 1. The molecule has 0 unspecified atom stereocenters. The molecular weight excluding hydrogens is 310 g/mol. The zero-order valence-electron chi connectivity index (χ0n) is 13.8. The summed E-state index contributed by atoms with van der Waals surface area (Å²) in [6.45, 7) is 3.80. The van der Waals surface area contributed by atoms with E-state index in [1.54, 1.807) is 0 Å². The van der Waals surface area contributed by atoms with Gasteiger partial charge in [0.1, 0.15) is 0 Å². The third kappa shape index (κ3) is 3.72. The van der Waals surface area contributed by atoms with Crippen LogP contribution in [0.15, 0.2) is 18.2 Å². The highest BCUT2D eigenvalue weighted by Crippen LogP contribution is 2.37. The molecule has 3 amide bonds. The molecule has 24 heavy (non-hydrogen) atoms. The van der Waals surface area contributed by atoms with Crippen molar-refractivity contribution >= 4 is 11.9 Å². The summed E-state index contributed by atoms with van der Waals surface area (Å²) in [5.41, 5.74) is 6.19. The summed E-state index contributed by atoms with van der Waals surface area (Å²) in [7, 11) is 0. The number of nitrogens with two attached hydrogens (primary N) is 1. The predicted octanol–water partition coefficient (Wildman–Crippen LogP) is 1.25. The number of amides is 3. The fourth-order valence-corrected chi connectivity index (χ4v) is 3.49. The molecule has 0 aromatic heterocycles. The van der Waals surface area contributed by atoms with E-state index in [9.17, 15) is 9.59 Å². The van der Waals surface area contributed by atoms with Crippen molar-refractivity contribution in [3.8, 4) is 11.5 Å². The molecule has 130 valence electrons. The smallest absolute Gasteiger partial charge is 0.312 e. The summed E-state index contributed by atoms with van der Waals surface area (Å²) in [6.07, 6.45) is 2.86. The van der Waals surface area contributed by atoms with Crippen molar-refractivity contribution in [1.29, 1.82) is 0 Å². The molecule has 7 nitrogen and oxygen atoms in total. The fourth-order valence-electron chi connectivity index (χ4n) is 3.49. The van der Waals surface area contributed by atoms with Crippen LogP contribution in [0.25, 0.3) is 0 Å². The standard InChI is InChI=1S/C17H23N3O4/c1-17(8-12-3-4-13-14(7-12)24-11-23-13)5-2-6-20(10-17)15(21)9-19-16(18)22/h3-4,7H,2,5-6,8-11H2,1H3,(H3,18,19,22)/t17-/m0/s1. The fraction of sp³-hybridized carbons (Fsp3) is 0.529. The van der Waals surface area contributed by atoms with Crippen molar-refractivity contribution in [2.75, 3.05) is 26.4 Å². The van der Waals surface area contributed by atoms with E-state index in [1.807, 2.05) is 23.1 Å². The number of carbonyl (C=O) groups excluding carboxylic acids is 2. The van der Waals surface area contributed by atoms with E-state index in [0.29, 0.717) is 6.54 Å². The maximum absolute atomic E-state index is 12.2. The Labute approximate surface area is 141 Å². The number of hydrogen-bond acceptors (Lipinski definition) is 4. The lowest BCUT2D eigenvalue weighted by Gasteiger charge is -2.40. The number of benzene rings is 1. The number of piperidine rings is 1. The van der Waals surface area contributed by atoms with Crippen molar-refractivity contribution in [2.24, 2.45) is 11.1 Å². The zero-order chi connectivity index (χ0) is 17.2. The van der Waals surface area contributed by atoms with Gasteiger partial charge in [-0.05, 0) is 42.4 Å². The molecule has 3 N–H and O–H groups in total. The first-order valence-corrected chi connectivity index (χ1v) is 8.15. The maximum Gasteiger partial charge on any atom is 0.312 e. The largest absolute Gasteiger partial charge is 0.454 e. The van der Waals surface area contributed by atoms with Crippen molar-refractivity contribution < 1.29 is 19.1 Å². The van der Waals surface area contributed by atoms with Crippen molar-refractivity contribution in [1.82, 2.24) is 10.2 Å². The summed E-state index contributed by atoms with van der Waals surface area (Å²) in [4.78, 5) is 24.8. The Balaban J connectivity index is 1.64. The van der Waals surface area contributed by atoms with Crippen LogP contribution in [-0.2, 0) is 11.2 Å². The Bertz CT molecular complexity index is 649. The molecule has 0 saturated carbocycles. The number of ether oxygens (including phenoxy) is 2. The van der Waals surface area contributed by atoms with Crippen LogP contribution in [0.3, 0.4) is 0 Å². The SMILES string of the molecule is C[C@@]1(Cc2ccc3c(c2)OCO3)CCCN(C(=O)CNC(N)=O)C1. The number of nitrogens with zero attached hydrogens (tertiary/aromatic N) is 1. The van der Waals surface area contributed by atoms with Gasteiger partial charge in [-0.15, -0.1) is 0 Å². The maximum atomic E-state index is 12.2. The van der Waals surface area contributed by atoms with Crippen LogP contribution >= 0.6 is 0 Å². The van der Waals surface area contributed by atoms with Gasteiger partial charge < -0.3 is 25.4 Å². The quantitative estimate of drug-likeness (QED) is 0.867. The molecule has 2 aliphatic rings. The van der Waals surface area contributed by atoms with Crippen LogP contribution in [0.4, 0.5) is 4.79 Å². The Kier molecular flexibility index (Phi) is 4.51. The van der Waals surface area contributed by atoms with Gasteiger partial charge in [0.05, 0.1) is 6.54 Å². The minimum absolute atomic E-state index is 0.00562. The molecule has 7 heteroatoms. The van der Waals surface area contributed by atoms with E-state index in [0.717, 1.165) is 37.3 Å². The van der Waals surface area contributed by atoms with Gasteiger partial charge in [-0.3, -0.25) is 4.79 Å². The number of fused-ring (bicyclic) bond motifs is 1. The highest BCUT2D eigenvalue weighted by molar-refractivity contribution is 5.83. The van der Waals surface area contributed by atoms with E-state index in [1.165, 1.54) is 5.56 Å². The van der Waals surface area contributed by atoms with Crippen LogP contribution in [0.1, 0.15) is 25.3 Å². The predicted molar refractivity (Wildman–Crippen MR) is 87.8 cm³/mol. The summed E-state index contributed by atoms with van der Waals surface area (Å²) < 4.78 is 10.8. The number of urea groups is 1. The van der Waals surface area contributed by atoms with Gasteiger partial charge in [-0.1, -0.05) is 13.0 Å². The van der Waals surface area contributed by atoms with E-state index in [-0.39, 0.29) is 24.7 Å². The molecule has 2 aliphatic heterocycles. The van der Waals surface area contributed by atoms with E-state index in [4.69, 9.17) is 15.2 Å². The lowest BCUT2D eigenvalue weighted by molar-refractivity contribution is -0.133. The van der Waals surface area contributed by atoms with Gasteiger partial charge in [0.2, 0.25) is 12.7 Å².